The molecule has 2 amide bonds. The first-order valence-electron chi connectivity index (χ1n) is 10.0. The maximum Gasteiger partial charge on any atom is 0.254 e. The van der Waals surface area contributed by atoms with E-state index in [0.717, 1.165) is 11.3 Å². The van der Waals surface area contributed by atoms with Gasteiger partial charge in [-0.2, -0.15) is 0 Å². The van der Waals surface area contributed by atoms with E-state index in [4.69, 9.17) is 4.74 Å². The number of carbonyl (C=O) groups is 2. The van der Waals surface area contributed by atoms with Gasteiger partial charge in [0.1, 0.15) is 0 Å². The van der Waals surface area contributed by atoms with Crippen LogP contribution in [0, 0.1) is 6.92 Å². The number of hydrogen-bond acceptors (Lipinski definition) is 4. The minimum absolute atomic E-state index is 0.00875. The molecule has 2 atom stereocenters. The third-order valence-electron chi connectivity index (χ3n) is 4.86. The van der Waals surface area contributed by atoms with Crippen LogP contribution >= 0.6 is 0 Å². The van der Waals surface area contributed by atoms with Crippen molar-refractivity contribution in [3.63, 3.8) is 0 Å². The molecule has 1 saturated heterocycles. The molecule has 0 aromatic heterocycles. The molecule has 0 aliphatic carbocycles. The highest BCUT2D eigenvalue weighted by molar-refractivity contribution is 5.94. The van der Waals surface area contributed by atoms with Gasteiger partial charge in [0.15, 0.2) is 0 Å². The third kappa shape index (κ3) is 6.06. The average Bonchev–Trinajstić information content (AvgIpc) is 2.70. The van der Waals surface area contributed by atoms with Crippen LogP contribution < -0.4 is 10.6 Å². The molecule has 1 aliphatic heterocycles. The average molecular weight is 396 g/mol. The van der Waals surface area contributed by atoms with Gasteiger partial charge in [0.05, 0.1) is 18.8 Å². The van der Waals surface area contributed by atoms with Crippen molar-refractivity contribution >= 4 is 17.5 Å². The molecule has 6 nitrogen and oxygen atoms in total. The first kappa shape index (κ1) is 20.9. The summed E-state index contributed by atoms with van der Waals surface area (Å²) in [6, 6.07) is 15.3. The molecule has 2 aromatic carbocycles. The molecule has 2 unspecified atom stereocenters. The third-order valence-corrected chi connectivity index (χ3v) is 4.86. The van der Waals surface area contributed by atoms with Crippen molar-refractivity contribution in [1.29, 1.82) is 0 Å². The predicted molar refractivity (Wildman–Crippen MR) is 114 cm³/mol. The van der Waals surface area contributed by atoms with Crippen molar-refractivity contribution in [3.05, 3.63) is 65.2 Å². The number of hydrogen-bond donors (Lipinski definition) is 2. The molecule has 0 bridgehead atoms. The van der Waals surface area contributed by atoms with E-state index >= 15 is 0 Å². The molecule has 1 fully saturated rings. The number of benzene rings is 2. The van der Waals surface area contributed by atoms with Gasteiger partial charge in [-0.1, -0.05) is 29.8 Å². The molecular formula is C23H29N3O3. The van der Waals surface area contributed by atoms with E-state index < -0.39 is 0 Å². The molecule has 0 saturated carbocycles. The van der Waals surface area contributed by atoms with Crippen molar-refractivity contribution in [2.75, 3.05) is 25.0 Å². The minimum Gasteiger partial charge on any atom is -0.376 e. The monoisotopic (exact) mass is 395 g/mol. The maximum absolute atomic E-state index is 12.7. The fourth-order valence-corrected chi connectivity index (χ4v) is 3.52. The van der Waals surface area contributed by atoms with Crippen molar-refractivity contribution in [1.82, 2.24) is 10.2 Å². The molecule has 0 radical (unpaired) electrons. The lowest BCUT2D eigenvalue weighted by Crippen LogP contribution is -2.48. The number of nitrogens with one attached hydrogen (secondary N) is 2. The Bertz CT molecular complexity index is 841. The number of carbonyl (C=O) groups excluding carboxylic acids is 2. The number of ether oxygens (including phenoxy) is 1. The van der Waals surface area contributed by atoms with Crippen LogP contribution in [0.15, 0.2) is 48.5 Å². The van der Waals surface area contributed by atoms with Crippen LogP contribution in [-0.4, -0.2) is 48.6 Å². The van der Waals surface area contributed by atoms with E-state index in [0.29, 0.717) is 25.2 Å². The summed E-state index contributed by atoms with van der Waals surface area (Å²) in [7, 11) is 0. The number of anilines is 1. The summed E-state index contributed by atoms with van der Waals surface area (Å²) < 4.78 is 5.69. The lowest BCUT2D eigenvalue weighted by Gasteiger charge is -2.35. The van der Waals surface area contributed by atoms with Crippen LogP contribution in [0.4, 0.5) is 5.69 Å². The Morgan fingerprint density at radius 2 is 1.76 bits per heavy atom. The summed E-state index contributed by atoms with van der Waals surface area (Å²) in [5.41, 5.74) is 3.69. The van der Waals surface area contributed by atoms with Crippen molar-refractivity contribution in [2.45, 2.75) is 39.5 Å². The Morgan fingerprint density at radius 1 is 1.07 bits per heavy atom. The first-order valence-corrected chi connectivity index (χ1v) is 10.0. The topological polar surface area (TPSA) is 70.7 Å². The second kappa shape index (κ2) is 9.56. The molecule has 2 N–H and O–H groups in total. The van der Waals surface area contributed by atoms with Crippen LogP contribution in [0.25, 0.3) is 0 Å². The normalized spacial score (nSPS) is 18.9. The van der Waals surface area contributed by atoms with Gasteiger partial charge in [0, 0.05) is 30.9 Å². The van der Waals surface area contributed by atoms with Crippen molar-refractivity contribution in [2.24, 2.45) is 0 Å². The number of nitrogens with zero attached hydrogens (tertiary/aromatic N) is 1. The number of morpholine rings is 1. The number of amides is 2. The van der Waals surface area contributed by atoms with Gasteiger partial charge in [-0.15, -0.1) is 0 Å². The van der Waals surface area contributed by atoms with E-state index in [2.05, 4.69) is 16.7 Å². The Labute approximate surface area is 172 Å². The second-order valence-corrected chi connectivity index (χ2v) is 7.66. The zero-order valence-electron chi connectivity index (χ0n) is 17.3. The molecule has 0 spiro atoms. The molecule has 3 rings (SSSR count). The molecule has 6 heteroatoms. The standard InChI is InChI=1S/C23H29N3O3/c1-16-5-4-6-19(11-16)12-25-22(27)13-24-21-9-7-20(8-10-21)23(28)26-14-17(2)29-18(3)15-26/h4-11,17-18,24H,12-15H2,1-3H3,(H,25,27). The van der Waals surface area contributed by atoms with Crippen molar-refractivity contribution < 1.29 is 14.3 Å². The fraction of sp³-hybridized carbons (Fsp3) is 0.391. The number of aryl methyl sites for hydroxylation is 1. The summed E-state index contributed by atoms with van der Waals surface area (Å²) in [5, 5.41) is 6.00. The van der Waals surface area contributed by atoms with E-state index in [1.54, 1.807) is 12.1 Å². The van der Waals surface area contributed by atoms with E-state index in [1.807, 2.05) is 56.0 Å². The largest absolute Gasteiger partial charge is 0.376 e. The lowest BCUT2D eigenvalue weighted by molar-refractivity contribution is -0.119. The molecule has 154 valence electrons. The predicted octanol–water partition coefficient (Wildman–Crippen LogP) is 2.97. The summed E-state index contributed by atoms with van der Waals surface area (Å²) in [6.45, 7) is 7.87. The summed E-state index contributed by atoms with van der Waals surface area (Å²) in [6.07, 6.45) is 0.0870. The van der Waals surface area contributed by atoms with Gasteiger partial charge in [-0.05, 0) is 50.6 Å². The molecule has 29 heavy (non-hydrogen) atoms. The molecule has 1 aliphatic rings. The SMILES string of the molecule is Cc1cccc(CNC(=O)CNc2ccc(C(=O)N3CC(C)OC(C)C3)cc2)c1. The Morgan fingerprint density at radius 3 is 2.41 bits per heavy atom. The highest BCUT2D eigenvalue weighted by atomic mass is 16.5. The zero-order valence-corrected chi connectivity index (χ0v) is 17.3. The molecule has 1 heterocycles. The van der Waals surface area contributed by atoms with Gasteiger partial charge in [-0.3, -0.25) is 9.59 Å². The maximum atomic E-state index is 12.7. The van der Waals surface area contributed by atoms with E-state index in [1.165, 1.54) is 5.56 Å². The lowest BCUT2D eigenvalue weighted by atomic mass is 10.1. The van der Waals surface area contributed by atoms with Gasteiger partial charge in [0.25, 0.3) is 5.91 Å². The van der Waals surface area contributed by atoms with Gasteiger partial charge in [0.2, 0.25) is 5.91 Å². The van der Waals surface area contributed by atoms with Gasteiger partial charge < -0.3 is 20.3 Å². The first-order chi connectivity index (χ1) is 13.9. The van der Waals surface area contributed by atoms with Crippen LogP contribution in [-0.2, 0) is 16.1 Å². The zero-order chi connectivity index (χ0) is 20.8. The minimum atomic E-state index is -0.0806. The Hall–Kier alpha value is -2.86. The van der Waals surface area contributed by atoms with Crippen LogP contribution in [0.1, 0.15) is 35.3 Å². The summed E-state index contributed by atoms with van der Waals surface area (Å²) >= 11 is 0. The Balaban J connectivity index is 1.47. The van der Waals surface area contributed by atoms with E-state index in [-0.39, 0.29) is 30.6 Å². The van der Waals surface area contributed by atoms with Gasteiger partial charge >= 0.3 is 0 Å². The van der Waals surface area contributed by atoms with E-state index in [9.17, 15) is 9.59 Å². The van der Waals surface area contributed by atoms with Crippen LogP contribution in [0.3, 0.4) is 0 Å². The van der Waals surface area contributed by atoms with Gasteiger partial charge in [-0.25, -0.2) is 0 Å². The highest BCUT2D eigenvalue weighted by Gasteiger charge is 2.26. The molecule has 2 aromatic rings. The Kier molecular flexibility index (Phi) is 6.88. The highest BCUT2D eigenvalue weighted by Crippen LogP contribution is 2.16. The smallest absolute Gasteiger partial charge is 0.254 e. The molecular weight excluding hydrogens is 366 g/mol. The van der Waals surface area contributed by atoms with Crippen molar-refractivity contribution in [3.8, 4) is 0 Å². The second-order valence-electron chi connectivity index (χ2n) is 7.66. The fourth-order valence-electron chi connectivity index (χ4n) is 3.52. The number of rotatable bonds is 6. The summed E-state index contributed by atoms with van der Waals surface area (Å²) in [4.78, 5) is 26.6. The van der Waals surface area contributed by atoms with Crippen LogP contribution in [0.5, 0.6) is 0 Å². The summed E-state index contributed by atoms with van der Waals surface area (Å²) in [5.74, 6) is -0.0719. The quantitative estimate of drug-likeness (QED) is 0.789. The van der Waals surface area contributed by atoms with Crippen LogP contribution in [0.2, 0.25) is 0 Å².